The number of fused-ring (bicyclic) bond motifs is 1. The van der Waals surface area contributed by atoms with E-state index in [1.165, 1.54) is 0 Å². The highest BCUT2D eigenvalue weighted by molar-refractivity contribution is 6.31. The molecule has 0 saturated heterocycles. The van der Waals surface area contributed by atoms with Crippen LogP contribution in [-0.4, -0.2) is 23.5 Å². The van der Waals surface area contributed by atoms with Crippen molar-refractivity contribution in [3.8, 4) is 0 Å². The van der Waals surface area contributed by atoms with Gasteiger partial charge in [0.05, 0.1) is 17.7 Å². The summed E-state index contributed by atoms with van der Waals surface area (Å²) in [7, 11) is 0. The first kappa shape index (κ1) is 12.4. The molecule has 0 radical (unpaired) electrons. The van der Waals surface area contributed by atoms with Gasteiger partial charge >= 0.3 is 5.97 Å². The number of halogens is 1. The molecule has 0 aliphatic carbocycles. The van der Waals surface area contributed by atoms with Gasteiger partial charge in [0, 0.05) is 10.4 Å². The molecule has 1 aromatic heterocycles. The number of esters is 1. The second-order valence-corrected chi connectivity index (χ2v) is 4.07. The second kappa shape index (κ2) is 4.70. The van der Waals surface area contributed by atoms with Crippen molar-refractivity contribution in [3.05, 3.63) is 34.5 Å². The zero-order chi connectivity index (χ0) is 13.3. The molecule has 0 atom stereocenters. The fourth-order valence-electron chi connectivity index (χ4n) is 1.84. The van der Waals surface area contributed by atoms with Gasteiger partial charge in [0.1, 0.15) is 0 Å². The predicted octanol–water partition coefficient (Wildman–Crippen LogP) is 2.00. The molecule has 94 valence electrons. The number of benzene rings is 1. The number of carbonyl (C=O) groups is 2. The number of rotatable bonds is 3. The quantitative estimate of drug-likeness (QED) is 0.524. The van der Waals surface area contributed by atoms with Crippen molar-refractivity contribution in [1.29, 1.82) is 0 Å². The number of aromatic nitrogens is 1. The number of nitrogens with two attached hydrogens (primary N) is 1. The van der Waals surface area contributed by atoms with Crippen LogP contribution in [0.15, 0.2) is 18.2 Å². The molecule has 0 aliphatic rings. The molecule has 0 bridgehead atoms. The van der Waals surface area contributed by atoms with Crippen LogP contribution < -0.4 is 5.84 Å². The number of hydrogen-bond donors (Lipinski definition) is 1. The minimum Gasteiger partial charge on any atom is -0.461 e. The number of hydrogen-bond acceptors (Lipinski definition) is 4. The van der Waals surface area contributed by atoms with Gasteiger partial charge in [0.25, 0.3) is 0 Å². The van der Waals surface area contributed by atoms with Gasteiger partial charge < -0.3 is 10.6 Å². The van der Waals surface area contributed by atoms with E-state index in [1.807, 2.05) is 0 Å². The summed E-state index contributed by atoms with van der Waals surface area (Å²) < 4.78 is 6.01. The van der Waals surface area contributed by atoms with Gasteiger partial charge in [0.15, 0.2) is 12.0 Å². The summed E-state index contributed by atoms with van der Waals surface area (Å²) in [5.74, 6) is 5.18. The zero-order valence-corrected chi connectivity index (χ0v) is 10.4. The number of nitrogens with zero attached hydrogens (tertiary/aromatic N) is 1. The average Bonchev–Trinajstić information content (AvgIpc) is 2.62. The summed E-state index contributed by atoms with van der Waals surface area (Å²) in [5.41, 5.74) is 0.749. The van der Waals surface area contributed by atoms with Crippen molar-refractivity contribution in [2.45, 2.75) is 6.92 Å². The maximum Gasteiger partial charge on any atom is 0.357 e. The van der Waals surface area contributed by atoms with Crippen LogP contribution in [0.1, 0.15) is 27.8 Å². The molecule has 0 amide bonds. The van der Waals surface area contributed by atoms with Gasteiger partial charge in [-0.15, -0.1) is 0 Å². The number of ether oxygens (including phenoxy) is 1. The molecule has 0 saturated carbocycles. The fraction of sp³-hybridized carbons (Fsp3) is 0.167. The first-order valence-corrected chi connectivity index (χ1v) is 5.69. The zero-order valence-electron chi connectivity index (χ0n) is 9.64. The van der Waals surface area contributed by atoms with E-state index in [0.29, 0.717) is 22.2 Å². The first-order valence-electron chi connectivity index (χ1n) is 5.31. The molecule has 6 heteroatoms. The van der Waals surface area contributed by atoms with Crippen molar-refractivity contribution < 1.29 is 14.3 Å². The Labute approximate surface area is 108 Å². The van der Waals surface area contributed by atoms with E-state index in [0.717, 1.165) is 4.68 Å². The van der Waals surface area contributed by atoms with Crippen LogP contribution in [0.25, 0.3) is 10.9 Å². The number of aldehydes is 1. The van der Waals surface area contributed by atoms with Crippen LogP contribution in [0, 0.1) is 0 Å². The van der Waals surface area contributed by atoms with Gasteiger partial charge in [0.2, 0.25) is 0 Å². The third kappa shape index (κ3) is 1.82. The molecule has 1 aromatic carbocycles. The Morgan fingerprint density at radius 2 is 2.28 bits per heavy atom. The molecule has 0 fully saturated rings. The maximum atomic E-state index is 11.8. The summed E-state index contributed by atoms with van der Waals surface area (Å²) in [5, 5.41) is 1.04. The van der Waals surface area contributed by atoms with E-state index < -0.39 is 5.97 Å². The first-order chi connectivity index (χ1) is 8.60. The van der Waals surface area contributed by atoms with Gasteiger partial charge in [-0.25, -0.2) is 4.79 Å². The van der Waals surface area contributed by atoms with E-state index in [1.54, 1.807) is 25.1 Å². The molecule has 1 heterocycles. The summed E-state index contributed by atoms with van der Waals surface area (Å²) in [6, 6.07) is 4.87. The lowest BCUT2D eigenvalue weighted by Crippen LogP contribution is -2.19. The highest BCUT2D eigenvalue weighted by Crippen LogP contribution is 2.26. The van der Waals surface area contributed by atoms with E-state index >= 15 is 0 Å². The van der Waals surface area contributed by atoms with E-state index in [-0.39, 0.29) is 17.9 Å². The Kier molecular flexibility index (Phi) is 3.25. The highest BCUT2D eigenvalue weighted by Gasteiger charge is 2.22. The Morgan fingerprint density at radius 1 is 1.56 bits per heavy atom. The monoisotopic (exact) mass is 266 g/mol. The molecule has 2 rings (SSSR count). The van der Waals surface area contributed by atoms with Crippen molar-refractivity contribution in [3.63, 3.8) is 0 Å². The molecule has 2 N–H and O–H groups in total. The molecule has 2 aromatic rings. The summed E-state index contributed by atoms with van der Waals surface area (Å²) >= 11 is 5.86. The average molecular weight is 267 g/mol. The van der Waals surface area contributed by atoms with Crippen LogP contribution in [-0.2, 0) is 4.74 Å². The molecule has 0 spiro atoms. The number of carbonyl (C=O) groups excluding carboxylic acids is 2. The molecule has 5 nitrogen and oxygen atoms in total. The van der Waals surface area contributed by atoms with Crippen molar-refractivity contribution in [2.24, 2.45) is 0 Å². The molecular formula is C12H11ClN2O3. The van der Waals surface area contributed by atoms with Crippen LogP contribution in [0.4, 0.5) is 0 Å². The molecular weight excluding hydrogens is 256 g/mol. The normalized spacial score (nSPS) is 10.6. The van der Waals surface area contributed by atoms with E-state index in [4.69, 9.17) is 22.2 Å². The molecule has 18 heavy (non-hydrogen) atoms. The van der Waals surface area contributed by atoms with Crippen LogP contribution in [0.5, 0.6) is 0 Å². The Hall–Kier alpha value is -2.01. The minimum atomic E-state index is -0.630. The highest BCUT2D eigenvalue weighted by atomic mass is 35.5. The lowest BCUT2D eigenvalue weighted by Gasteiger charge is -2.04. The Bertz CT molecular complexity index is 634. The van der Waals surface area contributed by atoms with Crippen LogP contribution in [0.2, 0.25) is 5.02 Å². The van der Waals surface area contributed by atoms with Crippen molar-refractivity contribution >= 4 is 34.8 Å². The van der Waals surface area contributed by atoms with Gasteiger partial charge in [-0.05, 0) is 19.1 Å². The summed E-state index contributed by atoms with van der Waals surface area (Å²) in [6.45, 7) is 1.89. The summed E-state index contributed by atoms with van der Waals surface area (Å²) in [6.07, 6.45) is 0.589. The summed E-state index contributed by atoms with van der Waals surface area (Å²) in [4.78, 5) is 22.9. The van der Waals surface area contributed by atoms with Gasteiger partial charge in [-0.1, -0.05) is 17.7 Å². The Balaban J connectivity index is 2.76. The Morgan fingerprint density at radius 3 is 2.89 bits per heavy atom. The largest absolute Gasteiger partial charge is 0.461 e. The van der Waals surface area contributed by atoms with Gasteiger partial charge in [-0.3, -0.25) is 9.47 Å². The second-order valence-electron chi connectivity index (χ2n) is 3.63. The van der Waals surface area contributed by atoms with Gasteiger partial charge in [-0.2, -0.15) is 0 Å². The van der Waals surface area contributed by atoms with Crippen molar-refractivity contribution in [1.82, 2.24) is 4.68 Å². The molecule has 0 unspecified atom stereocenters. The number of nitrogen functional groups attached to an aromatic ring is 1. The third-order valence-electron chi connectivity index (χ3n) is 2.59. The van der Waals surface area contributed by atoms with E-state index in [2.05, 4.69) is 0 Å². The SMILES string of the molecule is CCOC(=O)c1c(C=O)c2ccc(Cl)cc2n1N. The lowest BCUT2D eigenvalue weighted by atomic mass is 10.1. The van der Waals surface area contributed by atoms with Crippen LogP contribution >= 0.6 is 11.6 Å². The lowest BCUT2D eigenvalue weighted by molar-refractivity contribution is 0.0514. The molecule has 0 aliphatic heterocycles. The predicted molar refractivity (Wildman–Crippen MR) is 68.4 cm³/mol. The standard InChI is InChI=1S/C12H11ClN2O3/c1-2-18-12(17)11-9(6-16)8-4-3-7(13)5-10(8)15(11)14/h3-6H,2,14H2,1H3. The third-order valence-corrected chi connectivity index (χ3v) is 2.83. The van der Waals surface area contributed by atoms with Crippen LogP contribution in [0.3, 0.4) is 0 Å². The fourth-order valence-corrected chi connectivity index (χ4v) is 2.00. The van der Waals surface area contributed by atoms with E-state index in [9.17, 15) is 9.59 Å². The minimum absolute atomic E-state index is 0.0316. The van der Waals surface area contributed by atoms with Crippen molar-refractivity contribution in [2.75, 3.05) is 12.4 Å². The smallest absolute Gasteiger partial charge is 0.357 e. The topological polar surface area (TPSA) is 74.3 Å². The maximum absolute atomic E-state index is 11.8.